The van der Waals surface area contributed by atoms with Gasteiger partial charge in [0.05, 0.1) is 6.42 Å². The van der Waals surface area contributed by atoms with Crippen molar-refractivity contribution in [3.8, 4) is 0 Å². The minimum Gasteiger partial charge on any atom is -0.339 e. The lowest BCUT2D eigenvalue weighted by molar-refractivity contribution is -0.115. The topological polar surface area (TPSA) is 49.4 Å². The monoisotopic (exact) mass is 336 g/mol. The Labute approximate surface area is 148 Å². The molecule has 4 nitrogen and oxygen atoms in total. The Balaban J connectivity index is 1.64. The van der Waals surface area contributed by atoms with E-state index >= 15 is 0 Å². The van der Waals surface area contributed by atoms with Gasteiger partial charge in [-0.3, -0.25) is 9.59 Å². The molecule has 3 rings (SSSR count). The minimum atomic E-state index is -0.0782. The van der Waals surface area contributed by atoms with Gasteiger partial charge in [0.2, 0.25) is 5.91 Å². The highest BCUT2D eigenvalue weighted by Crippen LogP contribution is 2.16. The highest BCUT2D eigenvalue weighted by atomic mass is 16.2. The van der Waals surface area contributed by atoms with Crippen LogP contribution in [0.4, 0.5) is 5.69 Å². The van der Waals surface area contributed by atoms with Crippen LogP contribution in [0.1, 0.15) is 41.6 Å². The van der Waals surface area contributed by atoms with E-state index in [0.717, 1.165) is 31.5 Å². The standard InChI is InChI=1S/C21H24N2O2/c24-20(15-17-9-4-3-5-10-17)22-19-12-8-11-18(16-19)21(25)23-13-6-1-2-7-14-23/h3-5,8-12,16H,1-2,6-7,13-15H2,(H,22,24). The van der Waals surface area contributed by atoms with Crippen molar-refractivity contribution in [3.63, 3.8) is 0 Å². The molecule has 0 unspecified atom stereocenters. The first-order valence-corrected chi connectivity index (χ1v) is 8.95. The van der Waals surface area contributed by atoms with Crippen molar-refractivity contribution in [1.82, 2.24) is 4.90 Å². The van der Waals surface area contributed by atoms with Crippen LogP contribution in [0.5, 0.6) is 0 Å². The van der Waals surface area contributed by atoms with Crippen LogP contribution in [0.3, 0.4) is 0 Å². The van der Waals surface area contributed by atoms with Crippen LogP contribution in [-0.2, 0) is 11.2 Å². The van der Waals surface area contributed by atoms with E-state index in [9.17, 15) is 9.59 Å². The molecule has 0 saturated carbocycles. The third-order valence-electron chi connectivity index (χ3n) is 4.49. The number of hydrogen-bond donors (Lipinski definition) is 1. The number of amides is 2. The molecule has 1 saturated heterocycles. The van der Waals surface area contributed by atoms with Gasteiger partial charge in [-0.05, 0) is 36.6 Å². The number of anilines is 1. The third-order valence-corrected chi connectivity index (χ3v) is 4.49. The predicted molar refractivity (Wildman–Crippen MR) is 99.6 cm³/mol. The summed E-state index contributed by atoms with van der Waals surface area (Å²) in [6.45, 7) is 1.65. The molecule has 0 aliphatic carbocycles. The second-order valence-electron chi connectivity index (χ2n) is 6.50. The average Bonchev–Trinajstić information content (AvgIpc) is 2.91. The van der Waals surface area contributed by atoms with Crippen molar-refractivity contribution in [3.05, 3.63) is 65.7 Å². The molecule has 25 heavy (non-hydrogen) atoms. The molecular weight excluding hydrogens is 312 g/mol. The molecule has 1 fully saturated rings. The Morgan fingerprint density at radius 1 is 0.880 bits per heavy atom. The first-order chi connectivity index (χ1) is 12.2. The Hall–Kier alpha value is -2.62. The van der Waals surface area contributed by atoms with Crippen LogP contribution in [0, 0.1) is 0 Å². The second-order valence-corrected chi connectivity index (χ2v) is 6.50. The molecular formula is C21H24N2O2. The predicted octanol–water partition coefficient (Wildman–Crippen LogP) is 3.88. The minimum absolute atomic E-state index is 0.0565. The molecule has 130 valence electrons. The number of nitrogens with one attached hydrogen (secondary N) is 1. The van der Waals surface area contributed by atoms with Crippen LogP contribution in [-0.4, -0.2) is 29.8 Å². The molecule has 2 aromatic carbocycles. The van der Waals surface area contributed by atoms with Crippen LogP contribution in [0.25, 0.3) is 0 Å². The fourth-order valence-electron chi connectivity index (χ4n) is 3.17. The Kier molecular flexibility index (Phi) is 5.83. The largest absolute Gasteiger partial charge is 0.339 e. The summed E-state index contributed by atoms with van der Waals surface area (Å²) in [5.41, 5.74) is 2.28. The van der Waals surface area contributed by atoms with Crippen molar-refractivity contribution >= 4 is 17.5 Å². The number of likely N-dealkylation sites (tertiary alicyclic amines) is 1. The number of rotatable bonds is 4. The van der Waals surface area contributed by atoms with Gasteiger partial charge >= 0.3 is 0 Å². The molecule has 0 spiro atoms. The molecule has 0 radical (unpaired) electrons. The summed E-state index contributed by atoms with van der Waals surface area (Å²) in [7, 11) is 0. The van der Waals surface area contributed by atoms with E-state index in [1.54, 1.807) is 6.07 Å². The number of nitrogens with zero attached hydrogens (tertiary/aromatic N) is 1. The van der Waals surface area contributed by atoms with E-state index < -0.39 is 0 Å². The van der Waals surface area contributed by atoms with Gasteiger partial charge in [-0.2, -0.15) is 0 Å². The van der Waals surface area contributed by atoms with Gasteiger partial charge in [-0.15, -0.1) is 0 Å². The molecule has 2 aromatic rings. The van der Waals surface area contributed by atoms with E-state index in [2.05, 4.69) is 5.32 Å². The maximum absolute atomic E-state index is 12.7. The lowest BCUT2D eigenvalue weighted by atomic mass is 10.1. The first kappa shape index (κ1) is 17.2. The van der Waals surface area contributed by atoms with Crippen LogP contribution >= 0.6 is 0 Å². The fraction of sp³-hybridized carbons (Fsp3) is 0.333. The van der Waals surface area contributed by atoms with E-state index in [1.165, 1.54) is 12.8 Å². The molecule has 1 N–H and O–H groups in total. The molecule has 0 atom stereocenters. The summed E-state index contributed by atoms with van der Waals surface area (Å²) in [5.74, 6) is -0.0216. The number of carbonyl (C=O) groups excluding carboxylic acids is 2. The Morgan fingerprint density at radius 2 is 1.60 bits per heavy atom. The summed E-state index contributed by atoms with van der Waals surface area (Å²) in [4.78, 5) is 26.8. The summed E-state index contributed by atoms with van der Waals surface area (Å²) in [6, 6.07) is 16.9. The summed E-state index contributed by atoms with van der Waals surface area (Å²) in [6.07, 6.45) is 4.85. The van der Waals surface area contributed by atoms with Gasteiger partial charge in [0.1, 0.15) is 0 Å². The molecule has 0 aromatic heterocycles. The van der Waals surface area contributed by atoms with Gasteiger partial charge in [0.15, 0.2) is 0 Å². The van der Waals surface area contributed by atoms with Crippen LogP contribution in [0.15, 0.2) is 54.6 Å². The zero-order valence-corrected chi connectivity index (χ0v) is 14.4. The first-order valence-electron chi connectivity index (χ1n) is 8.95. The average molecular weight is 336 g/mol. The summed E-state index contributed by atoms with van der Waals surface area (Å²) in [5, 5.41) is 2.89. The zero-order valence-electron chi connectivity index (χ0n) is 14.4. The molecule has 1 aliphatic heterocycles. The van der Waals surface area contributed by atoms with Crippen molar-refractivity contribution < 1.29 is 9.59 Å². The van der Waals surface area contributed by atoms with E-state index in [1.807, 2.05) is 53.4 Å². The number of carbonyl (C=O) groups is 2. The Morgan fingerprint density at radius 3 is 2.32 bits per heavy atom. The van der Waals surface area contributed by atoms with Crippen molar-refractivity contribution in [2.24, 2.45) is 0 Å². The van der Waals surface area contributed by atoms with Gasteiger partial charge in [-0.25, -0.2) is 0 Å². The van der Waals surface area contributed by atoms with Crippen molar-refractivity contribution in [2.45, 2.75) is 32.1 Å². The van der Waals surface area contributed by atoms with Crippen LogP contribution in [0.2, 0.25) is 0 Å². The molecule has 1 heterocycles. The quantitative estimate of drug-likeness (QED) is 0.921. The molecule has 0 bridgehead atoms. The third kappa shape index (κ3) is 4.92. The number of benzene rings is 2. The Bertz CT molecular complexity index is 720. The van der Waals surface area contributed by atoms with Gasteiger partial charge in [0.25, 0.3) is 5.91 Å². The van der Waals surface area contributed by atoms with Gasteiger partial charge in [-0.1, -0.05) is 49.2 Å². The van der Waals surface area contributed by atoms with E-state index in [4.69, 9.17) is 0 Å². The van der Waals surface area contributed by atoms with Crippen molar-refractivity contribution in [2.75, 3.05) is 18.4 Å². The van der Waals surface area contributed by atoms with Gasteiger partial charge < -0.3 is 10.2 Å². The van der Waals surface area contributed by atoms with E-state index in [0.29, 0.717) is 17.7 Å². The fourth-order valence-corrected chi connectivity index (χ4v) is 3.17. The highest BCUT2D eigenvalue weighted by molar-refractivity contribution is 5.97. The van der Waals surface area contributed by atoms with Crippen molar-refractivity contribution in [1.29, 1.82) is 0 Å². The SMILES string of the molecule is O=C(Cc1ccccc1)Nc1cccc(C(=O)N2CCCCCC2)c1. The van der Waals surface area contributed by atoms with Crippen LogP contribution < -0.4 is 5.32 Å². The maximum Gasteiger partial charge on any atom is 0.253 e. The zero-order chi connectivity index (χ0) is 17.5. The lowest BCUT2D eigenvalue weighted by Gasteiger charge is -2.20. The lowest BCUT2D eigenvalue weighted by Crippen LogP contribution is -2.31. The molecule has 2 amide bonds. The second kappa shape index (κ2) is 8.47. The molecule has 1 aliphatic rings. The normalized spacial score (nSPS) is 14.6. The molecule has 4 heteroatoms. The summed E-state index contributed by atoms with van der Waals surface area (Å²) >= 11 is 0. The number of hydrogen-bond acceptors (Lipinski definition) is 2. The summed E-state index contributed by atoms with van der Waals surface area (Å²) < 4.78 is 0. The van der Waals surface area contributed by atoms with Gasteiger partial charge in [0, 0.05) is 24.3 Å². The smallest absolute Gasteiger partial charge is 0.253 e. The van der Waals surface area contributed by atoms with E-state index in [-0.39, 0.29) is 11.8 Å². The highest BCUT2D eigenvalue weighted by Gasteiger charge is 2.17. The maximum atomic E-state index is 12.7.